The van der Waals surface area contributed by atoms with Gasteiger partial charge in [-0.05, 0) is 38.1 Å². The first-order valence-electron chi connectivity index (χ1n) is 6.14. The van der Waals surface area contributed by atoms with Crippen LogP contribution in [0.4, 0.5) is 0 Å². The van der Waals surface area contributed by atoms with E-state index in [4.69, 9.17) is 0 Å². The minimum absolute atomic E-state index is 0.144. The molecular formula is C13H18N2O4S. The quantitative estimate of drug-likeness (QED) is 0.820. The van der Waals surface area contributed by atoms with Gasteiger partial charge in [0.15, 0.2) is 9.84 Å². The molecule has 0 saturated carbocycles. The monoisotopic (exact) mass is 298 g/mol. The average molecular weight is 298 g/mol. The molecule has 0 bridgehead atoms. The Kier molecular flexibility index (Phi) is 5.26. The van der Waals surface area contributed by atoms with Crippen molar-refractivity contribution in [1.82, 2.24) is 10.6 Å². The molecule has 1 unspecified atom stereocenters. The van der Waals surface area contributed by atoms with E-state index in [1.807, 2.05) is 0 Å². The van der Waals surface area contributed by atoms with Crippen molar-refractivity contribution in [3.63, 3.8) is 0 Å². The lowest BCUT2D eigenvalue weighted by molar-refractivity contribution is -0.122. The average Bonchev–Trinajstić information content (AvgIpc) is 2.38. The molecule has 1 aromatic rings. The van der Waals surface area contributed by atoms with Gasteiger partial charge in [0, 0.05) is 18.4 Å². The maximum absolute atomic E-state index is 11.9. The molecule has 1 atom stereocenters. The van der Waals surface area contributed by atoms with Crippen molar-refractivity contribution >= 4 is 21.7 Å². The van der Waals surface area contributed by atoms with E-state index >= 15 is 0 Å². The molecular weight excluding hydrogens is 280 g/mol. The van der Waals surface area contributed by atoms with Crippen LogP contribution in [0, 0.1) is 0 Å². The lowest BCUT2D eigenvalue weighted by Crippen LogP contribution is -2.44. The summed E-state index contributed by atoms with van der Waals surface area (Å²) in [6.45, 7) is 3.85. The maximum atomic E-state index is 11.9. The summed E-state index contributed by atoms with van der Waals surface area (Å²) in [7, 11) is -3.28. The minimum atomic E-state index is -3.28. The molecule has 0 heterocycles. The molecule has 1 rings (SSSR count). The van der Waals surface area contributed by atoms with Gasteiger partial charge in [0.2, 0.25) is 5.91 Å². The van der Waals surface area contributed by atoms with Gasteiger partial charge in [0.05, 0.1) is 4.90 Å². The van der Waals surface area contributed by atoms with Gasteiger partial charge in [0.25, 0.3) is 5.91 Å². The van der Waals surface area contributed by atoms with Crippen LogP contribution >= 0.6 is 0 Å². The van der Waals surface area contributed by atoms with Gasteiger partial charge < -0.3 is 10.6 Å². The first-order chi connectivity index (χ1) is 9.25. The molecule has 0 aliphatic carbocycles. The number of benzene rings is 1. The Morgan fingerprint density at radius 2 is 1.75 bits per heavy atom. The number of carbonyl (C=O) groups is 2. The van der Waals surface area contributed by atoms with E-state index in [1.54, 1.807) is 13.8 Å². The van der Waals surface area contributed by atoms with E-state index < -0.39 is 21.8 Å². The Labute approximate surface area is 118 Å². The van der Waals surface area contributed by atoms with Crippen LogP contribution < -0.4 is 10.6 Å². The Hall–Kier alpha value is -1.89. The van der Waals surface area contributed by atoms with Gasteiger partial charge in [0.1, 0.15) is 6.04 Å². The molecule has 0 aliphatic heterocycles. The maximum Gasteiger partial charge on any atom is 0.251 e. The van der Waals surface area contributed by atoms with Gasteiger partial charge >= 0.3 is 0 Å². The predicted molar refractivity (Wildman–Crippen MR) is 75.2 cm³/mol. The van der Waals surface area contributed by atoms with Crippen molar-refractivity contribution in [3.8, 4) is 0 Å². The zero-order valence-electron chi connectivity index (χ0n) is 11.6. The molecule has 0 saturated heterocycles. The van der Waals surface area contributed by atoms with Crippen LogP contribution in [0.1, 0.15) is 24.2 Å². The van der Waals surface area contributed by atoms with Crippen LogP contribution in [0.25, 0.3) is 0 Å². The topological polar surface area (TPSA) is 92.3 Å². The molecule has 7 heteroatoms. The van der Waals surface area contributed by atoms with Crippen molar-refractivity contribution < 1.29 is 18.0 Å². The third-order valence-electron chi connectivity index (χ3n) is 2.64. The normalized spacial score (nSPS) is 12.6. The summed E-state index contributed by atoms with van der Waals surface area (Å²) in [5.74, 6) is -0.697. The SMILES string of the molecule is CCNC(=O)C(C)NC(=O)c1ccc(S(C)(=O)=O)cc1. The highest BCUT2D eigenvalue weighted by molar-refractivity contribution is 7.90. The van der Waals surface area contributed by atoms with Crippen molar-refractivity contribution in [3.05, 3.63) is 29.8 Å². The molecule has 2 N–H and O–H groups in total. The fourth-order valence-corrected chi connectivity index (χ4v) is 2.16. The number of rotatable bonds is 5. The zero-order chi connectivity index (χ0) is 15.3. The van der Waals surface area contributed by atoms with Crippen LogP contribution in [0.5, 0.6) is 0 Å². The largest absolute Gasteiger partial charge is 0.355 e. The Morgan fingerprint density at radius 3 is 2.20 bits per heavy atom. The van der Waals surface area contributed by atoms with Gasteiger partial charge in [-0.2, -0.15) is 0 Å². The van der Waals surface area contributed by atoms with Crippen molar-refractivity contribution in [1.29, 1.82) is 0 Å². The molecule has 0 fully saturated rings. The van der Waals surface area contributed by atoms with E-state index in [2.05, 4.69) is 10.6 Å². The van der Waals surface area contributed by atoms with E-state index in [9.17, 15) is 18.0 Å². The second-order valence-electron chi connectivity index (χ2n) is 4.39. The summed E-state index contributed by atoms with van der Waals surface area (Å²) in [6, 6.07) is 4.89. The van der Waals surface area contributed by atoms with Crippen molar-refractivity contribution in [2.45, 2.75) is 24.8 Å². The Morgan fingerprint density at radius 1 is 1.20 bits per heavy atom. The van der Waals surface area contributed by atoms with Crippen LogP contribution in [-0.2, 0) is 14.6 Å². The second kappa shape index (κ2) is 6.51. The number of sulfone groups is 1. The van der Waals surface area contributed by atoms with Crippen LogP contribution in [-0.4, -0.2) is 39.1 Å². The number of carbonyl (C=O) groups excluding carboxylic acids is 2. The molecule has 0 aromatic heterocycles. The number of hydrogen-bond acceptors (Lipinski definition) is 4. The molecule has 1 aromatic carbocycles. The van der Waals surface area contributed by atoms with Crippen LogP contribution in [0.3, 0.4) is 0 Å². The number of hydrogen-bond donors (Lipinski definition) is 2. The van der Waals surface area contributed by atoms with Gasteiger partial charge in [-0.3, -0.25) is 9.59 Å². The van der Waals surface area contributed by atoms with E-state index in [0.717, 1.165) is 6.26 Å². The fraction of sp³-hybridized carbons (Fsp3) is 0.385. The standard InChI is InChI=1S/C13H18N2O4S/c1-4-14-12(16)9(2)15-13(17)10-5-7-11(8-6-10)20(3,18)19/h5-9H,4H2,1-3H3,(H,14,16)(H,15,17). The molecule has 0 aliphatic rings. The lowest BCUT2D eigenvalue weighted by atomic mass is 10.2. The van der Waals surface area contributed by atoms with Crippen LogP contribution in [0.2, 0.25) is 0 Å². The van der Waals surface area contributed by atoms with Gasteiger partial charge in [-0.15, -0.1) is 0 Å². The zero-order valence-corrected chi connectivity index (χ0v) is 12.5. The predicted octanol–water partition coefficient (Wildman–Crippen LogP) is 0.345. The summed E-state index contributed by atoms with van der Waals surface area (Å²) in [4.78, 5) is 23.5. The van der Waals surface area contributed by atoms with Gasteiger partial charge in [-0.25, -0.2) is 8.42 Å². The molecule has 2 amide bonds. The van der Waals surface area contributed by atoms with E-state index in [1.165, 1.54) is 24.3 Å². The van der Waals surface area contributed by atoms with Crippen LogP contribution in [0.15, 0.2) is 29.2 Å². The smallest absolute Gasteiger partial charge is 0.251 e. The lowest BCUT2D eigenvalue weighted by Gasteiger charge is -2.13. The summed E-state index contributed by atoms with van der Waals surface area (Å²) < 4.78 is 22.6. The Bertz CT molecular complexity index is 593. The fourth-order valence-electron chi connectivity index (χ4n) is 1.53. The highest BCUT2D eigenvalue weighted by atomic mass is 32.2. The molecule has 0 spiro atoms. The Balaban J connectivity index is 2.76. The third-order valence-corrected chi connectivity index (χ3v) is 3.77. The summed E-state index contributed by atoms with van der Waals surface area (Å²) in [5.41, 5.74) is 0.300. The second-order valence-corrected chi connectivity index (χ2v) is 6.40. The summed E-state index contributed by atoms with van der Waals surface area (Å²) >= 11 is 0. The van der Waals surface area contributed by atoms with Gasteiger partial charge in [-0.1, -0.05) is 0 Å². The highest BCUT2D eigenvalue weighted by Crippen LogP contribution is 2.10. The summed E-state index contributed by atoms with van der Waals surface area (Å²) in [5, 5.41) is 5.14. The summed E-state index contributed by atoms with van der Waals surface area (Å²) in [6.07, 6.45) is 1.10. The minimum Gasteiger partial charge on any atom is -0.355 e. The number of nitrogens with one attached hydrogen (secondary N) is 2. The first-order valence-corrected chi connectivity index (χ1v) is 8.03. The molecule has 110 valence electrons. The number of amides is 2. The molecule has 6 nitrogen and oxygen atoms in total. The third kappa shape index (κ3) is 4.34. The first kappa shape index (κ1) is 16.2. The molecule has 0 radical (unpaired) electrons. The number of likely N-dealkylation sites (N-methyl/N-ethyl adjacent to an activating group) is 1. The highest BCUT2D eigenvalue weighted by Gasteiger charge is 2.16. The molecule has 20 heavy (non-hydrogen) atoms. The van der Waals surface area contributed by atoms with E-state index in [-0.39, 0.29) is 10.8 Å². The van der Waals surface area contributed by atoms with Crippen molar-refractivity contribution in [2.75, 3.05) is 12.8 Å². The van der Waals surface area contributed by atoms with Crippen molar-refractivity contribution in [2.24, 2.45) is 0 Å². The van der Waals surface area contributed by atoms with E-state index in [0.29, 0.717) is 12.1 Å².